The van der Waals surface area contributed by atoms with Gasteiger partial charge in [-0.25, -0.2) is 4.68 Å². The first-order valence-electron chi connectivity index (χ1n) is 10.6. The molecule has 0 radical (unpaired) electrons. The topological polar surface area (TPSA) is 64.7 Å². The lowest BCUT2D eigenvalue weighted by Crippen LogP contribution is -2.25. The summed E-state index contributed by atoms with van der Waals surface area (Å²) in [6.07, 6.45) is 8.39. The number of rotatable bonds is 8. The van der Waals surface area contributed by atoms with Crippen molar-refractivity contribution in [1.82, 2.24) is 24.9 Å². The fourth-order valence-electron chi connectivity index (χ4n) is 3.56. The molecule has 0 saturated heterocycles. The van der Waals surface area contributed by atoms with Crippen LogP contribution in [0.15, 0.2) is 73.2 Å². The Morgan fingerprint density at radius 3 is 2.45 bits per heavy atom. The molecule has 2 aromatic heterocycles. The van der Waals surface area contributed by atoms with Gasteiger partial charge in [0, 0.05) is 31.5 Å². The Hall–Kier alpha value is -3.67. The van der Waals surface area contributed by atoms with E-state index >= 15 is 0 Å². The van der Waals surface area contributed by atoms with Gasteiger partial charge in [-0.15, -0.1) is 0 Å². The van der Waals surface area contributed by atoms with Crippen molar-refractivity contribution in [3.05, 3.63) is 89.9 Å². The van der Waals surface area contributed by atoms with E-state index in [2.05, 4.69) is 29.5 Å². The number of hydrogen-bond donors (Lipinski definition) is 1. The van der Waals surface area contributed by atoms with Crippen LogP contribution < -0.4 is 5.32 Å². The molecule has 0 aliphatic carbocycles. The summed E-state index contributed by atoms with van der Waals surface area (Å²) in [5.41, 5.74) is 5.56. The highest BCUT2D eigenvalue weighted by molar-refractivity contribution is 5.99. The molecular weight excluding hydrogens is 386 g/mol. The van der Waals surface area contributed by atoms with Crippen LogP contribution in [0, 0.1) is 0 Å². The monoisotopic (exact) mass is 413 g/mol. The number of hydrogen-bond acceptors (Lipinski definition) is 3. The zero-order valence-corrected chi connectivity index (χ0v) is 18.0. The van der Waals surface area contributed by atoms with E-state index < -0.39 is 0 Å². The van der Waals surface area contributed by atoms with Crippen LogP contribution in [-0.2, 0) is 19.9 Å². The second-order valence-corrected chi connectivity index (χ2v) is 7.60. The SMILES string of the molecule is CCc1ccc(-c2nn(-c3ccccc3)cc2C(=O)NCCCc2cnn(C)c2)cc1. The van der Waals surface area contributed by atoms with Gasteiger partial charge in [-0.2, -0.15) is 10.2 Å². The van der Waals surface area contributed by atoms with Crippen molar-refractivity contribution in [2.45, 2.75) is 26.2 Å². The minimum absolute atomic E-state index is 0.108. The lowest BCUT2D eigenvalue weighted by atomic mass is 10.0. The fourth-order valence-corrected chi connectivity index (χ4v) is 3.56. The van der Waals surface area contributed by atoms with E-state index in [-0.39, 0.29) is 5.91 Å². The quantitative estimate of drug-likeness (QED) is 0.440. The number of carbonyl (C=O) groups is 1. The predicted molar refractivity (Wildman–Crippen MR) is 122 cm³/mol. The van der Waals surface area contributed by atoms with Crippen LogP contribution >= 0.6 is 0 Å². The summed E-state index contributed by atoms with van der Waals surface area (Å²) >= 11 is 0. The lowest BCUT2D eigenvalue weighted by molar-refractivity contribution is 0.0954. The first kappa shape index (κ1) is 20.6. The summed E-state index contributed by atoms with van der Waals surface area (Å²) in [5.74, 6) is -0.108. The Balaban J connectivity index is 1.53. The molecule has 0 fully saturated rings. The van der Waals surface area contributed by atoms with Gasteiger partial charge in [-0.05, 0) is 42.5 Å². The largest absolute Gasteiger partial charge is 0.352 e. The predicted octanol–water partition coefficient (Wildman–Crippen LogP) is 4.20. The molecule has 2 heterocycles. The second kappa shape index (κ2) is 9.43. The molecule has 6 heteroatoms. The molecule has 1 N–H and O–H groups in total. The van der Waals surface area contributed by atoms with Crippen molar-refractivity contribution in [3.8, 4) is 16.9 Å². The zero-order chi connectivity index (χ0) is 21.6. The molecule has 4 aromatic rings. The first-order valence-corrected chi connectivity index (χ1v) is 10.6. The van der Waals surface area contributed by atoms with Gasteiger partial charge in [-0.3, -0.25) is 9.48 Å². The minimum Gasteiger partial charge on any atom is -0.352 e. The third-order valence-corrected chi connectivity index (χ3v) is 5.30. The lowest BCUT2D eigenvalue weighted by Gasteiger charge is -2.06. The van der Waals surface area contributed by atoms with Gasteiger partial charge in [-0.1, -0.05) is 49.4 Å². The van der Waals surface area contributed by atoms with Crippen molar-refractivity contribution >= 4 is 5.91 Å². The van der Waals surface area contributed by atoms with Gasteiger partial charge in [0.15, 0.2) is 0 Å². The third-order valence-electron chi connectivity index (χ3n) is 5.30. The van der Waals surface area contributed by atoms with Crippen molar-refractivity contribution < 1.29 is 4.79 Å². The number of aryl methyl sites for hydroxylation is 3. The van der Waals surface area contributed by atoms with Crippen molar-refractivity contribution in [3.63, 3.8) is 0 Å². The number of benzene rings is 2. The molecule has 0 aliphatic rings. The number of amides is 1. The summed E-state index contributed by atoms with van der Waals surface area (Å²) in [6.45, 7) is 2.72. The molecule has 0 aliphatic heterocycles. The van der Waals surface area contributed by atoms with E-state index in [4.69, 9.17) is 5.10 Å². The number of aromatic nitrogens is 4. The smallest absolute Gasteiger partial charge is 0.255 e. The van der Waals surface area contributed by atoms with Gasteiger partial charge in [0.05, 0.1) is 17.4 Å². The zero-order valence-electron chi connectivity index (χ0n) is 18.0. The Bertz CT molecular complexity index is 1140. The highest BCUT2D eigenvalue weighted by Crippen LogP contribution is 2.24. The van der Waals surface area contributed by atoms with Gasteiger partial charge in [0.2, 0.25) is 0 Å². The van der Waals surface area contributed by atoms with E-state index in [1.165, 1.54) is 11.1 Å². The van der Waals surface area contributed by atoms with Crippen molar-refractivity contribution in [2.75, 3.05) is 6.54 Å². The fraction of sp³-hybridized carbons (Fsp3) is 0.240. The molecule has 0 unspecified atom stereocenters. The third kappa shape index (κ3) is 4.91. The van der Waals surface area contributed by atoms with Crippen LogP contribution in [0.2, 0.25) is 0 Å². The van der Waals surface area contributed by atoms with E-state index in [0.29, 0.717) is 17.8 Å². The molecule has 0 atom stereocenters. The van der Waals surface area contributed by atoms with Gasteiger partial charge in [0.25, 0.3) is 5.91 Å². The van der Waals surface area contributed by atoms with Crippen LogP contribution in [0.5, 0.6) is 0 Å². The minimum atomic E-state index is -0.108. The van der Waals surface area contributed by atoms with Crippen LogP contribution in [0.1, 0.15) is 34.8 Å². The van der Waals surface area contributed by atoms with Gasteiger partial charge >= 0.3 is 0 Å². The van der Waals surface area contributed by atoms with E-state index in [1.54, 1.807) is 9.36 Å². The first-order chi connectivity index (χ1) is 15.1. The molecule has 2 aromatic carbocycles. The highest BCUT2D eigenvalue weighted by atomic mass is 16.1. The maximum atomic E-state index is 13.0. The molecule has 0 bridgehead atoms. The normalized spacial score (nSPS) is 10.9. The molecule has 4 rings (SSSR count). The molecule has 31 heavy (non-hydrogen) atoms. The maximum absolute atomic E-state index is 13.0. The molecule has 0 spiro atoms. The Morgan fingerprint density at radius 1 is 1.00 bits per heavy atom. The van der Waals surface area contributed by atoms with E-state index in [1.807, 2.05) is 68.1 Å². The molecule has 158 valence electrons. The summed E-state index contributed by atoms with van der Waals surface area (Å²) in [4.78, 5) is 13.0. The number of nitrogens with one attached hydrogen (secondary N) is 1. The Morgan fingerprint density at radius 2 is 1.77 bits per heavy atom. The Labute approximate surface area is 182 Å². The highest BCUT2D eigenvalue weighted by Gasteiger charge is 2.18. The number of nitrogens with zero attached hydrogens (tertiary/aromatic N) is 4. The maximum Gasteiger partial charge on any atom is 0.255 e. The molecule has 0 saturated carbocycles. The van der Waals surface area contributed by atoms with E-state index in [9.17, 15) is 4.79 Å². The summed E-state index contributed by atoms with van der Waals surface area (Å²) < 4.78 is 3.57. The van der Waals surface area contributed by atoms with Crippen molar-refractivity contribution in [1.29, 1.82) is 0 Å². The summed E-state index contributed by atoms with van der Waals surface area (Å²) in [5, 5.41) is 12.0. The Kier molecular flexibility index (Phi) is 6.26. The standard InChI is InChI=1S/C25H27N5O/c1-3-19-11-13-21(14-12-19)24-23(18-30(28-24)22-9-5-4-6-10-22)25(31)26-15-7-8-20-16-27-29(2)17-20/h4-6,9-14,16-18H,3,7-8,15H2,1-2H3,(H,26,31). The van der Waals surface area contributed by atoms with E-state index in [0.717, 1.165) is 30.5 Å². The molecule has 6 nitrogen and oxygen atoms in total. The van der Waals surface area contributed by atoms with Crippen LogP contribution in [0.4, 0.5) is 0 Å². The molecular formula is C25H27N5O. The number of carbonyl (C=O) groups excluding carboxylic acids is 1. The van der Waals surface area contributed by atoms with Crippen LogP contribution in [0.3, 0.4) is 0 Å². The average Bonchev–Trinajstić information content (AvgIpc) is 3.44. The van der Waals surface area contributed by atoms with Crippen molar-refractivity contribution in [2.24, 2.45) is 7.05 Å². The van der Waals surface area contributed by atoms with Crippen LogP contribution in [0.25, 0.3) is 16.9 Å². The summed E-state index contributed by atoms with van der Waals surface area (Å²) in [6, 6.07) is 18.1. The number of para-hydroxylation sites is 1. The molecule has 1 amide bonds. The van der Waals surface area contributed by atoms with Crippen LogP contribution in [-0.4, -0.2) is 32.0 Å². The average molecular weight is 414 g/mol. The van der Waals surface area contributed by atoms with Gasteiger partial charge in [0.1, 0.15) is 5.69 Å². The second-order valence-electron chi connectivity index (χ2n) is 7.60. The summed E-state index contributed by atoms with van der Waals surface area (Å²) in [7, 11) is 1.91. The van der Waals surface area contributed by atoms with Gasteiger partial charge < -0.3 is 5.32 Å².